The van der Waals surface area contributed by atoms with Crippen molar-refractivity contribution in [3.63, 3.8) is 0 Å². The molecule has 24 heavy (non-hydrogen) atoms. The van der Waals surface area contributed by atoms with Gasteiger partial charge in [0.2, 0.25) is 5.91 Å². The largest absolute Gasteiger partial charge is 0.464 e. The molecule has 0 spiro atoms. The van der Waals surface area contributed by atoms with Crippen LogP contribution < -0.4 is 5.32 Å². The first-order chi connectivity index (χ1) is 11.5. The summed E-state index contributed by atoms with van der Waals surface area (Å²) in [7, 11) is 0. The number of rotatable bonds is 5. The molecule has 1 aromatic heterocycles. The lowest BCUT2D eigenvalue weighted by Crippen LogP contribution is -2.41. The van der Waals surface area contributed by atoms with Gasteiger partial charge in [-0.2, -0.15) is 0 Å². The molecule has 2 heterocycles. The Bertz CT molecular complexity index is 776. The molecule has 0 aliphatic carbocycles. The molecular weight excluding hydrogens is 312 g/mol. The molecule has 1 aliphatic rings. The van der Waals surface area contributed by atoms with Crippen LogP contribution >= 0.6 is 0 Å². The van der Waals surface area contributed by atoms with Gasteiger partial charge < -0.3 is 14.8 Å². The molecule has 0 fully saturated rings. The van der Waals surface area contributed by atoms with E-state index >= 15 is 0 Å². The number of furan rings is 1. The number of aliphatic hydroxyl groups excluding tert-OH is 1. The zero-order valence-corrected chi connectivity index (χ0v) is 13.0. The van der Waals surface area contributed by atoms with Crippen LogP contribution in [0.5, 0.6) is 0 Å². The summed E-state index contributed by atoms with van der Waals surface area (Å²) in [6.07, 6.45) is -0.996. The zero-order valence-electron chi connectivity index (χ0n) is 13.0. The highest BCUT2D eigenvalue weighted by molar-refractivity contribution is 6.22. The van der Waals surface area contributed by atoms with Crippen molar-refractivity contribution in [3.8, 4) is 0 Å². The van der Waals surface area contributed by atoms with Gasteiger partial charge in [-0.1, -0.05) is 12.1 Å². The minimum atomic E-state index is -0.996. The van der Waals surface area contributed by atoms with Gasteiger partial charge >= 0.3 is 0 Å². The quantitative estimate of drug-likeness (QED) is 0.799. The fourth-order valence-electron chi connectivity index (χ4n) is 2.53. The second kappa shape index (κ2) is 6.29. The van der Waals surface area contributed by atoms with Crippen LogP contribution in [0.1, 0.15) is 38.3 Å². The second-order valence-corrected chi connectivity index (χ2v) is 5.51. The number of carbonyl (C=O) groups is 3. The number of fused-ring (bicyclic) bond motifs is 1. The summed E-state index contributed by atoms with van der Waals surface area (Å²) in [5, 5.41) is 12.4. The summed E-state index contributed by atoms with van der Waals surface area (Å²) in [4.78, 5) is 37.2. The van der Waals surface area contributed by atoms with Crippen LogP contribution in [0.15, 0.2) is 40.8 Å². The lowest BCUT2D eigenvalue weighted by molar-refractivity contribution is -0.121. The van der Waals surface area contributed by atoms with Gasteiger partial charge in [0.05, 0.1) is 17.7 Å². The zero-order chi connectivity index (χ0) is 17.3. The first-order valence-electron chi connectivity index (χ1n) is 7.43. The summed E-state index contributed by atoms with van der Waals surface area (Å²) in [5.74, 6) is -0.525. The number of carbonyl (C=O) groups excluding carboxylic acids is 3. The first kappa shape index (κ1) is 15.9. The molecule has 1 aromatic carbocycles. The third-order valence-electron chi connectivity index (χ3n) is 3.76. The van der Waals surface area contributed by atoms with E-state index in [4.69, 9.17) is 4.42 Å². The minimum absolute atomic E-state index is 0.0744. The number of hydrogen-bond donors (Lipinski definition) is 2. The lowest BCUT2D eigenvalue weighted by atomic mass is 10.1. The Labute approximate surface area is 137 Å². The van der Waals surface area contributed by atoms with Crippen molar-refractivity contribution in [2.45, 2.75) is 13.0 Å². The van der Waals surface area contributed by atoms with Crippen molar-refractivity contribution in [2.24, 2.45) is 0 Å². The highest BCUT2D eigenvalue weighted by Crippen LogP contribution is 2.22. The van der Waals surface area contributed by atoms with Gasteiger partial charge in [0.1, 0.15) is 24.2 Å². The monoisotopic (exact) mass is 328 g/mol. The highest BCUT2D eigenvalue weighted by Gasteiger charge is 2.36. The average Bonchev–Trinajstić information content (AvgIpc) is 3.11. The predicted octanol–water partition coefficient (Wildman–Crippen LogP) is 1.03. The van der Waals surface area contributed by atoms with Gasteiger partial charge in [0, 0.05) is 0 Å². The number of nitrogens with one attached hydrogen (secondary N) is 1. The Kier molecular flexibility index (Phi) is 4.18. The molecule has 0 saturated carbocycles. The molecule has 1 aliphatic heterocycles. The summed E-state index contributed by atoms with van der Waals surface area (Å²) in [5.41, 5.74) is 0.586. The van der Waals surface area contributed by atoms with Crippen molar-refractivity contribution in [1.82, 2.24) is 10.2 Å². The topological polar surface area (TPSA) is 99.9 Å². The molecule has 0 bridgehead atoms. The van der Waals surface area contributed by atoms with E-state index in [1.165, 1.54) is 0 Å². The normalized spacial score (nSPS) is 14.7. The third-order valence-corrected chi connectivity index (χ3v) is 3.76. The van der Waals surface area contributed by atoms with Crippen LogP contribution in [0.25, 0.3) is 0 Å². The molecule has 1 unspecified atom stereocenters. The van der Waals surface area contributed by atoms with Crippen molar-refractivity contribution in [3.05, 3.63) is 59.0 Å². The van der Waals surface area contributed by atoms with E-state index in [0.29, 0.717) is 22.6 Å². The smallest absolute Gasteiger partial charge is 0.262 e. The standard InChI is InChI=1S/C17H16N2O5/c1-10-6-7-14(24-10)13(20)8-18-15(21)9-19-16(22)11-4-2-3-5-12(11)17(19)23/h2-7,13,20H,8-9H2,1H3,(H,18,21). The Balaban J connectivity index is 1.58. The van der Waals surface area contributed by atoms with Crippen LogP contribution in [-0.2, 0) is 4.79 Å². The summed E-state index contributed by atoms with van der Waals surface area (Å²) >= 11 is 0. The van der Waals surface area contributed by atoms with E-state index in [9.17, 15) is 19.5 Å². The van der Waals surface area contributed by atoms with Crippen LogP contribution in [0, 0.1) is 6.92 Å². The fraction of sp³-hybridized carbons (Fsp3) is 0.235. The van der Waals surface area contributed by atoms with E-state index in [-0.39, 0.29) is 6.54 Å². The van der Waals surface area contributed by atoms with Gasteiger partial charge in [0.15, 0.2) is 0 Å². The SMILES string of the molecule is Cc1ccc(C(O)CNC(=O)CN2C(=O)c3ccccc3C2=O)o1. The van der Waals surface area contributed by atoms with E-state index < -0.39 is 30.4 Å². The first-order valence-corrected chi connectivity index (χ1v) is 7.43. The molecule has 2 N–H and O–H groups in total. The molecule has 7 heteroatoms. The van der Waals surface area contributed by atoms with Gasteiger partial charge in [-0.15, -0.1) is 0 Å². The highest BCUT2D eigenvalue weighted by atomic mass is 16.4. The summed E-state index contributed by atoms with van der Waals surface area (Å²) in [6, 6.07) is 9.76. The van der Waals surface area contributed by atoms with Crippen molar-refractivity contribution >= 4 is 17.7 Å². The van der Waals surface area contributed by atoms with Crippen molar-refractivity contribution in [2.75, 3.05) is 13.1 Å². The number of imide groups is 1. The van der Waals surface area contributed by atoms with Crippen LogP contribution in [0.2, 0.25) is 0 Å². The Hall–Kier alpha value is -2.93. The molecular formula is C17H16N2O5. The van der Waals surface area contributed by atoms with E-state index in [1.54, 1.807) is 43.3 Å². The van der Waals surface area contributed by atoms with E-state index in [1.807, 2.05) is 0 Å². The van der Waals surface area contributed by atoms with Gasteiger partial charge in [-0.3, -0.25) is 19.3 Å². The number of nitrogens with zero attached hydrogens (tertiary/aromatic N) is 1. The Morgan fingerprint density at radius 3 is 2.33 bits per heavy atom. The minimum Gasteiger partial charge on any atom is -0.464 e. The number of aryl methyl sites for hydroxylation is 1. The predicted molar refractivity (Wildman–Crippen MR) is 83.2 cm³/mol. The number of hydrogen-bond acceptors (Lipinski definition) is 5. The Morgan fingerprint density at radius 1 is 1.17 bits per heavy atom. The Morgan fingerprint density at radius 2 is 1.79 bits per heavy atom. The maximum atomic E-state index is 12.2. The van der Waals surface area contributed by atoms with E-state index in [2.05, 4.69) is 5.32 Å². The van der Waals surface area contributed by atoms with E-state index in [0.717, 1.165) is 4.90 Å². The summed E-state index contributed by atoms with van der Waals surface area (Å²) in [6.45, 7) is 1.28. The van der Waals surface area contributed by atoms with Gasteiger partial charge in [0.25, 0.3) is 11.8 Å². The maximum absolute atomic E-state index is 12.2. The van der Waals surface area contributed by atoms with Gasteiger partial charge in [-0.25, -0.2) is 0 Å². The van der Waals surface area contributed by atoms with Crippen LogP contribution in [-0.4, -0.2) is 40.8 Å². The molecule has 2 aromatic rings. The third kappa shape index (κ3) is 2.93. The fourth-order valence-corrected chi connectivity index (χ4v) is 2.53. The molecule has 0 radical (unpaired) electrons. The molecule has 3 rings (SSSR count). The second-order valence-electron chi connectivity index (χ2n) is 5.51. The van der Waals surface area contributed by atoms with Gasteiger partial charge in [-0.05, 0) is 31.2 Å². The average molecular weight is 328 g/mol. The molecule has 0 saturated heterocycles. The number of amides is 3. The molecule has 7 nitrogen and oxygen atoms in total. The number of benzene rings is 1. The van der Waals surface area contributed by atoms with Crippen molar-refractivity contribution in [1.29, 1.82) is 0 Å². The number of aliphatic hydroxyl groups is 1. The van der Waals surface area contributed by atoms with Crippen LogP contribution in [0.4, 0.5) is 0 Å². The molecule has 1 atom stereocenters. The van der Waals surface area contributed by atoms with Crippen LogP contribution in [0.3, 0.4) is 0 Å². The lowest BCUT2D eigenvalue weighted by Gasteiger charge is -2.14. The summed E-state index contributed by atoms with van der Waals surface area (Å²) < 4.78 is 5.27. The maximum Gasteiger partial charge on any atom is 0.262 e. The van der Waals surface area contributed by atoms with Crippen molar-refractivity contribution < 1.29 is 23.9 Å². The molecule has 124 valence electrons. The molecule has 3 amide bonds.